The highest BCUT2D eigenvalue weighted by molar-refractivity contribution is 5.54. The Morgan fingerprint density at radius 3 is 2.63 bits per heavy atom. The van der Waals surface area contributed by atoms with Gasteiger partial charge in [-0.05, 0) is 31.8 Å². The maximum atomic E-state index is 5.89. The molecule has 4 nitrogen and oxygen atoms in total. The third-order valence-electron chi connectivity index (χ3n) is 3.88. The molecule has 4 heteroatoms. The highest BCUT2D eigenvalue weighted by Gasteiger charge is 2.25. The summed E-state index contributed by atoms with van der Waals surface area (Å²) in [6.45, 7) is 4.00. The number of hydrogen-bond donors (Lipinski definition) is 1. The molecule has 1 aromatic rings. The lowest BCUT2D eigenvalue weighted by Gasteiger charge is -2.29. The van der Waals surface area contributed by atoms with Gasteiger partial charge >= 0.3 is 0 Å². The molecule has 1 aromatic carbocycles. The molecule has 0 amide bonds. The van der Waals surface area contributed by atoms with Crippen LogP contribution in [0.2, 0.25) is 0 Å². The summed E-state index contributed by atoms with van der Waals surface area (Å²) in [6.07, 6.45) is 2.33. The number of fused-ring (bicyclic) bond motifs is 1. The average molecular weight is 263 g/mol. The molecule has 3 rings (SSSR count). The Labute approximate surface area is 114 Å². The van der Waals surface area contributed by atoms with Crippen LogP contribution >= 0.6 is 0 Å². The van der Waals surface area contributed by atoms with Gasteiger partial charge in [-0.25, -0.2) is 0 Å². The fraction of sp³-hybridized carbons (Fsp3) is 0.600. The Morgan fingerprint density at radius 1 is 1.16 bits per heavy atom. The summed E-state index contributed by atoms with van der Waals surface area (Å²) in [4.78, 5) is 0. The maximum Gasteiger partial charge on any atom is 0.167 e. The van der Waals surface area contributed by atoms with Crippen LogP contribution in [-0.4, -0.2) is 33.4 Å². The van der Waals surface area contributed by atoms with E-state index in [1.807, 2.05) is 0 Å². The Bertz CT molecular complexity index is 441. The second-order valence-corrected chi connectivity index (χ2v) is 5.13. The normalized spacial score (nSPS) is 19.4. The van der Waals surface area contributed by atoms with E-state index in [2.05, 4.69) is 17.4 Å². The Hall–Kier alpha value is -1.26. The molecule has 0 bridgehead atoms. The first-order valence-electron chi connectivity index (χ1n) is 7.01. The predicted octanol–water partition coefficient (Wildman–Crippen LogP) is 2.07. The highest BCUT2D eigenvalue weighted by atomic mass is 16.6. The Morgan fingerprint density at radius 2 is 1.89 bits per heavy atom. The summed E-state index contributed by atoms with van der Waals surface area (Å²) < 4.78 is 16.9. The molecule has 1 fully saturated rings. The summed E-state index contributed by atoms with van der Waals surface area (Å²) >= 11 is 0. The Kier molecular flexibility index (Phi) is 3.89. The molecule has 0 spiro atoms. The monoisotopic (exact) mass is 263 g/mol. The first-order valence-corrected chi connectivity index (χ1v) is 7.01. The first-order chi connectivity index (χ1) is 9.40. The summed E-state index contributed by atoms with van der Waals surface area (Å²) in [5, 5.41) is 3.40. The topological polar surface area (TPSA) is 39.7 Å². The number of nitrogens with one attached hydrogen (secondary N) is 1. The van der Waals surface area contributed by atoms with E-state index in [-0.39, 0.29) is 0 Å². The molecule has 0 atom stereocenters. The van der Waals surface area contributed by atoms with E-state index in [4.69, 9.17) is 14.2 Å². The molecular formula is C15H21NO3. The molecule has 19 heavy (non-hydrogen) atoms. The number of piperidine rings is 1. The standard InChI is InChI=1S/C15H21NO3/c1-17-10-12-2-3-13(11-4-6-16-7-5-11)15-14(12)18-8-9-19-15/h2-3,11,16H,4-10H2,1H3. The van der Waals surface area contributed by atoms with Crippen LogP contribution in [0.1, 0.15) is 29.9 Å². The van der Waals surface area contributed by atoms with E-state index < -0.39 is 0 Å². The molecule has 0 unspecified atom stereocenters. The van der Waals surface area contributed by atoms with Crippen molar-refractivity contribution in [2.24, 2.45) is 0 Å². The minimum Gasteiger partial charge on any atom is -0.486 e. The van der Waals surface area contributed by atoms with Gasteiger partial charge in [-0.15, -0.1) is 0 Å². The zero-order valence-corrected chi connectivity index (χ0v) is 11.4. The summed E-state index contributed by atoms with van der Waals surface area (Å²) in [5.74, 6) is 2.42. The van der Waals surface area contributed by atoms with E-state index in [0.29, 0.717) is 25.7 Å². The predicted molar refractivity (Wildman–Crippen MR) is 73.0 cm³/mol. The molecule has 1 saturated heterocycles. The average Bonchev–Trinajstić information content (AvgIpc) is 2.49. The third-order valence-corrected chi connectivity index (χ3v) is 3.88. The summed E-state index contributed by atoms with van der Waals surface area (Å²) in [5.41, 5.74) is 2.38. The van der Waals surface area contributed by atoms with Crippen molar-refractivity contribution in [2.45, 2.75) is 25.4 Å². The van der Waals surface area contributed by atoms with Gasteiger partial charge in [0.1, 0.15) is 13.2 Å². The van der Waals surface area contributed by atoms with Crippen molar-refractivity contribution in [1.29, 1.82) is 0 Å². The van der Waals surface area contributed by atoms with Gasteiger partial charge in [-0.3, -0.25) is 0 Å². The van der Waals surface area contributed by atoms with Crippen molar-refractivity contribution < 1.29 is 14.2 Å². The van der Waals surface area contributed by atoms with Gasteiger partial charge < -0.3 is 19.5 Å². The highest BCUT2D eigenvalue weighted by Crippen LogP contribution is 2.43. The van der Waals surface area contributed by atoms with Crippen LogP contribution in [0.3, 0.4) is 0 Å². The SMILES string of the molecule is COCc1ccc(C2CCNCC2)c2c1OCCO2. The molecule has 2 aliphatic heterocycles. The lowest BCUT2D eigenvalue weighted by Crippen LogP contribution is -2.27. The molecule has 0 aliphatic carbocycles. The molecule has 1 N–H and O–H groups in total. The summed E-state index contributed by atoms with van der Waals surface area (Å²) in [7, 11) is 1.71. The van der Waals surface area contributed by atoms with Crippen LogP contribution in [0.5, 0.6) is 11.5 Å². The molecule has 2 heterocycles. The number of hydrogen-bond acceptors (Lipinski definition) is 4. The van der Waals surface area contributed by atoms with Crippen molar-refractivity contribution in [3.63, 3.8) is 0 Å². The van der Waals surface area contributed by atoms with Gasteiger partial charge in [0.05, 0.1) is 6.61 Å². The molecule has 2 aliphatic rings. The van der Waals surface area contributed by atoms with Crippen molar-refractivity contribution in [3.8, 4) is 11.5 Å². The number of methoxy groups -OCH3 is 1. The van der Waals surface area contributed by atoms with Gasteiger partial charge in [0.25, 0.3) is 0 Å². The maximum absolute atomic E-state index is 5.89. The van der Waals surface area contributed by atoms with Crippen LogP contribution in [0, 0.1) is 0 Å². The minimum absolute atomic E-state index is 0.568. The fourth-order valence-electron chi connectivity index (χ4n) is 2.94. The second kappa shape index (κ2) is 5.80. The zero-order valence-electron chi connectivity index (χ0n) is 11.4. The van der Waals surface area contributed by atoms with Gasteiger partial charge in [0.2, 0.25) is 0 Å². The molecule has 0 radical (unpaired) electrons. The van der Waals surface area contributed by atoms with Crippen LogP contribution in [0.15, 0.2) is 12.1 Å². The van der Waals surface area contributed by atoms with Gasteiger partial charge in [-0.1, -0.05) is 12.1 Å². The fourth-order valence-corrected chi connectivity index (χ4v) is 2.94. The largest absolute Gasteiger partial charge is 0.486 e. The number of rotatable bonds is 3. The van der Waals surface area contributed by atoms with E-state index >= 15 is 0 Å². The number of benzene rings is 1. The third kappa shape index (κ3) is 2.55. The van der Waals surface area contributed by atoms with Gasteiger partial charge in [0, 0.05) is 18.2 Å². The van der Waals surface area contributed by atoms with E-state index in [1.165, 1.54) is 18.4 Å². The quantitative estimate of drug-likeness (QED) is 0.906. The minimum atomic E-state index is 0.568. The van der Waals surface area contributed by atoms with Crippen molar-refractivity contribution >= 4 is 0 Å². The molecule has 0 aromatic heterocycles. The van der Waals surface area contributed by atoms with Crippen LogP contribution in [0.25, 0.3) is 0 Å². The Balaban J connectivity index is 1.95. The van der Waals surface area contributed by atoms with Crippen molar-refractivity contribution in [1.82, 2.24) is 5.32 Å². The first kappa shape index (κ1) is 12.8. The van der Waals surface area contributed by atoms with Crippen LogP contribution in [0.4, 0.5) is 0 Å². The molecular weight excluding hydrogens is 242 g/mol. The van der Waals surface area contributed by atoms with Crippen LogP contribution < -0.4 is 14.8 Å². The number of ether oxygens (including phenoxy) is 3. The smallest absolute Gasteiger partial charge is 0.167 e. The van der Waals surface area contributed by atoms with E-state index in [0.717, 1.165) is 30.2 Å². The van der Waals surface area contributed by atoms with E-state index in [1.54, 1.807) is 7.11 Å². The lowest BCUT2D eigenvalue weighted by atomic mass is 9.88. The second-order valence-electron chi connectivity index (χ2n) is 5.13. The molecule has 104 valence electrons. The summed E-state index contributed by atoms with van der Waals surface area (Å²) in [6, 6.07) is 4.31. The van der Waals surface area contributed by atoms with Gasteiger partial charge in [-0.2, -0.15) is 0 Å². The van der Waals surface area contributed by atoms with Crippen molar-refractivity contribution in [2.75, 3.05) is 33.4 Å². The lowest BCUT2D eigenvalue weighted by molar-refractivity contribution is 0.151. The van der Waals surface area contributed by atoms with Crippen LogP contribution in [-0.2, 0) is 11.3 Å². The van der Waals surface area contributed by atoms with Crippen molar-refractivity contribution in [3.05, 3.63) is 23.3 Å². The molecule has 0 saturated carbocycles. The van der Waals surface area contributed by atoms with E-state index in [9.17, 15) is 0 Å². The zero-order chi connectivity index (χ0) is 13.1. The van der Waals surface area contributed by atoms with Gasteiger partial charge in [0.15, 0.2) is 11.5 Å².